The largest absolute Gasteiger partial charge is 0.459 e. The van der Waals surface area contributed by atoms with Crippen molar-refractivity contribution in [2.24, 2.45) is 0 Å². The molecule has 0 bridgehead atoms. The Hall–Kier alpha value is -2.79. The summed E-state index contributed by atoms with van der Waals surface area (Å²) in [6, 6.07) is 13.2. The summed E-state index contributed by atoms with van der Waals surface area (Å²) in [5, 5.41) is 1.47. The van der Waals surface area contributed by atoms with Crippen LogP contribution in [-0.4, -0.2) is 22.0 Å². The Morgan fingerprint density at radius 3 is 2.68 bits per heavy atom. The fourth-order valence-electron chi connectivity index (χ4n) is 3.52. The van der Waals surface area contributed by atoms with Gasteiger partial charge in [0.1, 0.15) is 12.1 Å². The number of hydrogen-bond acceptors (Lipinski definition) is 3. The van der Waals surface area contributed by atoms with Gasteiger partial charge in [-0.15, -0.1) is 0 Å². The summed E-state index contributed by atoms with van der Waals surface area (Å²) in [5.41, 5.74) is 2.60. The van der Waals surface area contributed by atoms with Crippen LogP contribution in [0.1, 0.15) is 36.7 Å². The molecule has 5 nitrogen and oxygen atoms in total. The van der Waals surface area contributed by atoms with Gasteiger partial charge in [0.05, 0.1) is 22.6 Å². The summed E-state index contributed by atoms with van der Waals surface area (Å²) in [6.45, 7) is 6.13. The summed E-state index contributed by atoms with van der Waals surface area (Å²) in [4.78, 5) is 26.8. The fourth-order valence-corrected chi connectivity index (χ4v) is 3.79. The van der Waals surface area contributed by atoms with Crippen molar-refractivity contribution in [1.82, 2.24) is 4.57 Å². The molecule has 0 fully saturated rings. The third-order valence-corrected chi connectivity index (χ3v) is 4.99. The van der Waals surface area contributed by atoms with E-state index in [-0.39, 0.29) is 18.4 Å². The maximum absolute atomic E-state index is 12.9. The third kappa shape index (κ3) is 3.38. The van der Waals surface area contributed by atoms with Gasteiger partial charge in [-0.1, -0.05) is 29.8 Å². The lowest BCUT2D eigenvalue weighted by Gasteiger charge is -2.20. The molecule has 1 amide bonds. The first-order valence-electron chi connectivity index (χ1n) is 9.13. The number of carbonyl (C=O) groups is 2. The highest BCUT2D eigenvalue weighted by atomic mass is 35.5. The van der Waals surface area contributed by atoms with Crippen molar-refractivity contribution in [2.45, 2.75) is 39.5 Å². The lowest BCUT2D eigenvalue weighted by molar-refractivity contribution is -0.155. The molecule has 2 aromatic carbocycles. The first-order valence-corrected chi connectivity index (χ1v) is 9.51. The predicted octanol–water partition coefficient (Wildman–Crippen LogP) is 4.80. The minimum absolute atomic E-state index is 0.106. The van der Waals surface area contributed by atoms with Crippen molar-refractivity contribution in [2.75, 3.05) is 4.90 Å². The molecule has 1 aliphatic rings. The van der Waals surface area contributed by atoms with Gasteiger partial charge in [0.25, 0.3) is 5.91 Å². The third-order valence-electron chi connectivity index (χ3n) is 4.68. The van der Waals surface area contributed by atoms with Gasteiger partial charge >= 0.3 is 5.97 Å². The highest BCUT2D eigenvalue weighted by molar-refractivity contribution is 6.35. The molecule has 0 saturated heterocycles. The van der Waals surface area contributed by atoms with Crippen molar-refractivity contribution in [3.63, 3.8) is 0 Å². The van der Waals surface area contributed by atoms with Crippen LogP contribution in [0.25, 0.3) is 10.9 Å². The zero-order valence-corrected chi connectivity index (χ0v) is 16.8. The highest BCUT2D eigenvalue weighted by Gasteiger charge is 2.30. The van der Waals surface area contributed by atoms with Crippen LogP contribution < -0.4 is 4.90 Å². The summed E-state index contributed by atoms with van der Waals surface area (Å²) < 4.78 is 7.26. The van der Waals surface area contributed by atoms with Gasteiger partial charge in [-0.2, -0.15) is 0 Å². The lowest BCUT2D eigenvalue weighted by Crippen LogP contribution is -2.26. The van der Waals surface area contributed by atoms with Crippen LogP contribution in [0, 0.1) is 0 Å². The molecule has 0 unspecified atom stereocenters. The number of nitrogens with zero attached hydrogens (tertiary/aromatic N) is 2. The molecule has 2 heterocycles. The highest BCUT2D eigenvalue weighted by Crippen LogP contribution is 2.34. The van der Waals surface area contributed by atoms with Gasteiger partial charge in [-0.05, 0) is 56.0 Å². The van der Waals surface area contributed by atoms with Crippen LogP contribution in [0.5, 0.6) is 0 Å². The maximum Gasteiger partial charge on any atom is 0.326 e. The van der Waals surface area contributed by atoms with Crippen LogP contribution in [0.3, 0.4) is 0 Å². The first-order chi connectivity index (χ1) is 13.2. The molecule has 4 rings (SSSR count). The second-order valence-corrected chi connectivity index (χ2v) is 8.35. The molecule has 6 heteroatoms. The van der Waals surface area contributed by atoms with Crippen LogP contribution in [0.2, 0.25) is 5.02 Å². The van der Waals surface area contributed by atoms with Crippen molar-refractivity contribution in [3.8, 4) is 0 Å². The summed E-state index contributed by atoms with van der Waals surface area (Å²) in [5.74, 6) is -0.406. The quantitative estimate of drug-likeness (QED) is 0.598. The Morgan fingerprint density at radius 2 is 1.96 bits per heavy atom. The molecule has 1 aliphatic heterocycles. The number of aromatic nitrogens is 1. The molecule has 0 aliphatic carbocycles. The minimum atomic E-state index is -0.530. The summed E-state index contributed by atoms with van der Waals surface area (Å²) >= 11 is 6.23. The van der Waals surface area contributed by atoms with E-state index in [4.69, 9.17) is 16.3 Å². The molecule has 0 atom stereocenters. The molecule has 144 valence electrons. The van der Waals surface area contributed by atoms with Crippen LogP contribution >= 0.6 is 11.6 Å². The maximum atomic E-state index is 12.9. The van der Waals surface area contributed by atoms with Gasteiger partial charge in [0.2, 0.25) is 0 Å². The zero-order valence-electron chi connectivity index (χ0n) is 16.0. The zero-order chi connectivity index (χ0) is 20.1. The second-order valence-electron chi connectivity index (χ2n) is 7.94. The lowest BCUT2D eigenvalue weighted by atomic mass is 10.1. The number of benzene rings is 2. The van der Waals surface area contributed by atoms with E-state index < -0.39 is 5.60 Å². The topological polar surface area (TPSA) is 51.5 Å². The molecule has 0 N–H and O–H groups in total. The van der Waals surface area contributed by atoms with E-state index in [0.717, 1.165) is 22.2 Å². The Morgan fingerprint density at radius 1 is 1.18 bits per heavy atom. The van der Waals surface area contributed by atoms with E-state index in [9.17, 15) is 9.59 Å². The number of anilines is 1. The van der Waals surface area contributed by atoms with E-state index in [0.29, 0.717) is 17.1 Å². The Labute approximate surface area is 168 Å². The average Bonchev–Trinajstić information content (AvgIpc) is 3.15. The number of halogens is 1. The van der Waals surface area contributed by atoms with E-state index in [1.807, 2.05) is 67.9 Å². The van der Waals surface area contributed by atoms with Gasteiger partial charge in [-0.25, -0.2) is 0 Å². The predicted molar refractivity (Wildman–Crippen MR) is 110 cm³/mol. The van der Waals surface area contributed by atoms with E-state index >= 15 is 0 Å². The number of ether oxygens (including phenoxy) is 1. The van der Waals surface area contributed by atoms with Crippen molar-refractivity contribution >= 4 is 40.1 Å². The number of rotatable bonds is 3. The molecular formula is C22H21ClN2O3. The average molecular weight is 397 g/mol. The van der Waals surface area contributed by atoms with Crippen molar-refractivity contribution in [3.05, 3.63) is 64.8 Å². The monoisotopic (exact) mass is 396 g/mol. The molecule has 1 aromatic heterocycles. The minimum Gasteiger partial charge on any atom is -0.459 e. The van der Waals surface area contributed by atoms with Gasteiger partial charge < -0.3 is 14.2 Å². The fraction of sp³-hybridized carbons (Fsp3) is 0.273. The number of fused-ring (bicyclic) bond motifs is 2. The number of esters is 1. The van der Waals surface area contributed by atoms with Gasteiger partial charge in [0, 0.05) is 11.9 Å². The normalized spacial score (nSPS) is 13.9. The van der Waals surface area contributed by atoms with E-state index in [1.54, 1.807) is 11.0 Å². The molecule has 0 radical (unpaired) electrons. The Kier molecular flexibility index (Phi) is 4.42. The van der Waals surface area contributed by atoms with Gasteiger partial charge in [0.15, 0.2) is 0 Å². The molecular weight excluding hydrogens is 376 g/mol. The van der Waals surface area contributed by atoms with Crippen LogP contribution in [0.4, 0.5) is 5.69 Å². The van der Waals surface area contributed by atoms with E-state index in [2.05, 4.69) is 0 Å². The van der Waals surface area contributed by atoms with Crippen LogP contribution in [-0.2, 0) is 22.6 Å². The Balaban J connectivity index is 1.65. The van der Waals surface area contributed by atoms with E-state index in [1.165, 1.54) is 0 Å². The Bertz CT molecular complexity index is 1090. The number of hydrogen-bond donors (Lipinski definition) is 0. The van der Waals surface area contributed by atoms with Crippen molar-refractivity contribution in [1.29, 1.82) is 0 Å². The smallest absolute Gasteiger partial charge is 0.326 e. The van der Waals surface area contributed by atoms with Gasteiger partial charge in [-0.3, -0.25) is 9.59 Å². The number of carbonyl (C=O) groups excluding carboxylic acids is 2. The van der Waals surface area contributed by atoms with Crippen molar-refractivity contribution < 1.29 is 14.3 Å². The first kappa shape index (κ1) is 18.6. The SMILES string of the molecule is CC(C)(C)OC(=O)Cn1ccc2ccc(N3Cc4cccc(Cl)c4C3=O)cc21. The summed E-state index contributed by atoms with van der Waals surface area (Å²) in [6.07, 6.45) is 1.86. The molecule has 3 aromatic rings. The summed E-state index contributed by atoms with van der Waals surface area (Å²) in [7, 11) is 0. The van der Waals surface area contributed by atoms with Crippen LogP contribution in [0.15, 0.2) is 48.7 Å². The molecule has 0 spiro atoms. The molecule has 0 saturated carbocycles. The molecule has 28 heavy (non-hydrogen) atoms. The standard InChI is InChI=1S/C22H21ClN2O3/c1-22(2,3)28-19(26)13-24-10-9-14-7-8-16(11-18(14)24)25-12-15-5-4-6-17(23)20(15)21(25)27/h4-11H,12-13H2,1-3H3. The second kappa shape index (κ2) is 6.67. The number of amides is 1.